The maximum Gasteiger partial charge on any atom is 0.227 e. The monoisotopic (exact) mass is 556 g/mol. The Morgan fingerprint density at radius 3 is 2.74 bits per heavy atom. The molecule has 202 valence electrons. The summed E-state index contributed by atoms with van der Waals surface area (Å²) in [5, 5.41) is 13.6. The number of likely N-dealkylation sites (N-methyl/N-ethyl adjacent to an activating group) is 1. The first-order valence-electron chi connectivity index (χ1n) is 13.8. The molecule has 5 atom stereocenters. The average molecular weight is 558 g/mol. The second-order valence-corrected chi connectivity index (χ2v) is 12.8. The molecule has 7 rings (SSSR count). The number of benzene rings is 2. The highest BCUT2D eigenvalue weighted by molar-refractivity contribution is 6.42. The molecule has 3 aliphatic carbocycles. The fourth-order valence-electron chi connectivity index (χ4n) is 8.14. The third-order valence-corrected chi connectivity index (χ3v) is 10.9. The minimum Gasteiger partial charge on any atom is -0.493 e. The van der Waals surface area contributed by atoms with Gasteiger partial charge in [0.1, 0.15) is 6.10 Å². The standard InChI is InChI=1S/C30H34Cl2N2O4/c1-33(25(35)14-18-5-7-20(31)21(32)13-18)22-9-10-30(36)24-15-19-6-8-23(37-2)27-26(19)29(30,28(22)38-27)11-12-34(24)16-17-3-4-17/h5-8,13,17,22,24,28,36H,3-4,9-12,14-16H2,1-2H3/t22?,24-,28?,29+,30-/m1/s1. The zero-order chi connectivity index (χ0) is 26.4. The van der Waals surface area contributed by atoms with E-state index in [9.17, 15) is 9.90 Å². The Balaban J connectivity index is 1.26. The lowest BCUT2D eigenvalue weighted by Gasteiger charge is -2.64. The van der Waals surface area contributed by atoms with Crippen LogP contribution in [0.2, 0.25) is 10.0 Å². The van der Waals surface area contributed by atoms with Crippen LogP contribution >= 0.6 is 23.2 Å². The van der Waals surface area contributed by atoms with Gasteiger partial charge >= 0.3 is 0 Å². The van der Waals surface area contributed by atoms with Crippen LogP contribution in [0.25, 0.3) is 0 Å². The molecule has 2 aliphatic heterocycles. The quantitative estimate of drug-likeness (QED) is 0.561. The van der Waals surface area contributed by atoms with Crippen molar-refractivity contribution < 1.29 is 19.4 Å². The number of halogens is 2. The van der Waals surface area contributed by atoms with Crippen molar-refractivity contribution in [3.05, 3.63) is 57.1 Å². The highest BCUT2D eigenvalue weighted by atomic mass is 35.5. The molecule has 5 aliphatic rings. The number of piperidine rings is 1. The van der Waals surface area contributed by atoms with Gasteiger partial charge in [-0.05, 0) is 80.3 Å². The Hall–Kier alpha value is -1.99. The van der Waals surface area contributed by atoms with Crippen LogP contribution in [0.5, 0.6) is 11.5 Å². The summed E-state index contributed by atoms with van der Waals surface area (Å²) < 4.78 is 12.6. The van der Waals surface area contributed by atoms with Crippen LogP contribution in [-0.4, -0.2) is 71.8 Å². The van der Waals surface area contributed by atoms with Gasteiger partial charge in [0.05, 0.1) is 40.6 Å². The summed E-state index contributed by atoms with van der Waals surface area (Å²) in [6.07, 6.45) is 5.46. The molecule has 2 aromatic rings. The SMILES string of the molecule is COc1ccc2c3c1OC1C(N(C)C(=O)Cc4ccc(Cl)c(Cl)c4)CC[C@@]4(O)[C@@H](C2)N(CC2CC2)CC[C@]314. The molecular formula is C30H34Cl2N2O4. The Morgan fingerprint density at radius 1 is 1.18 bits per heavy atom. The first-order chi connectivity index (χ1) is 18.3. The van der Waals surface area contributed by atoms with E-state index in [1.807, 2.05) is 24.1 Å². The van der Waals surface area contributed by atoms with Gasteiger partial charge in [0.2, 0.25) is 5.91 Å². The van der Waals surface area contributed by atoms with E-state index in [1.54, 1.807) is 19.2 Å². The number of hydrogen-bond donors (Lipinski definition) is 1. The van der Waals surface area contributed by atoms with E-state index in [0.29, 0.717) is 28.6 Å². The van der Waals surface area contributed by atoms with Crippen LogP contribution in [0.3, 0.4) is 0 Å². The molecule has 1 N–H and O–H groups in total. The zero-order valence-electron chi connectivity index (χ0n) is 21.9. The predicted octanol–water partition coefficient (Wildman–Crippen LogP) is 4.64. The minimum absolute atomic E-state index is 0.000465. The molecule has 1 spiro atoms. The molecule has 38 heavy (non-hydrogen) atoms. The van der Waals surface area contributed by atoms with E-state index in [1.165, 1.54) is 18.4 Å². The molecule has 2 unspecified atom stereocenters. The number of carbonyl (C=O) groups is 1. The number of aliphatic hydroxyl groups is 1. The number of ether oxygens (including phenoxy) is 2. The third-order valence-electron chi connectivity index (χ3n) is 10.2. The molecular weight excluding hydrogens is 523 g/mol. The van der Waals surface area contributed by atoms with Gasteiger partial charge < -0.3 is 19.5 Å². The molecule has 2 aromatic carbocycles. The average Bonchev–Trinajstić information content (AvgIpc) is 3.64. The molecule has 1 amide bonds. The summed E-state index contributed by atoms with van der Waals surface area (Å²) in [6.45, 7) is 2.01. The smallest absolute Gasteiger partial charge is 0.227 e. The molecule has 8 heteroatoms. The van der Waals surface area contributed by atoms with Crippen molar-refractivity contribution in [1.29, 1.82) is 0 Å². The topological polar surface area (TPSA) is 62.2 Å². The number of hydrogen-bond acceptors (Lipinski definition) is 5. The Morgan fingerprint density at radius 2 is 2.00 bits per heavy atom. The van der Waals surface area contributed by atoms with Crippen molar-refractivity contribution in [2.24, 2.45) is 5.92 Å². The number of nitrogens with zero attached hydrogens (tertiary/aromatic N) is 2. The molecule has 3 fully saturated rings. The van der Waals surface area contributed by atoms with Crippen LogP contribution in [0.1, 0.15) is 48.8 Å². The lowest BCUT2D eigenvalue weighted by molar-refractivity contribution is -0.200. The largest absolute Gasteiger partial charge is 0.493 e. The Kier molecular flexibility index (Phi) is 5.76. The summed E-state index contributed by atoms with van der Waals surface area (Å²) in [6, 6.07) is 9.40. The van der Waals surface area contributed by atoms with Crippen LogP contribution < -0.4 is 9.47 Å². The second kappa shape index (κ2) is 8.76. The van der Waals surface area contributed by atoms with Crippen LogP contribution in [0.15, 0.2) is 30.3 Å². The maximum atomic E-state index is 13.6. The molecule has 2 bridgehead atoms. The first kappa shape index (κ1) is 25.0. The van der Waals surface area contributed by atoms with Gasteiger partial charge in [0.25, 0.3) is 0 Å². The Bertz CT molecular complexity index is 1320. The Labute approximate surface area is 233 Å². The number of likely N-dealkylation sites (tertiary alicyclic amines) is 1. The molecule has 1 saturated heterocycles. The molecule has 6 nitrogen and oxygen atoms in total. The lowest BCUT2D eigenvalue weighted by Crippen LogP contribution is -2.78. The summed E-state index contributed by atoms with van der Waals surface area (Å²) >= 11 is 12.3. The van der Waals surface area contributed by atoms with Gasteiger partial charge in [-0.25, -0.2) is 0 Å². The van der Waals surface area contributed by atoms with Crippen molar-refractivity contribution in [3.63, 3.8) is 0 Å². The van der Waals surface area contributed by atoms with E-state index < -0.39 is 11.0 Å². The fourth-order valence-corrected chi connectivity index (χ4v) is 8.46. The van der Waals surface area contributed by atoms with Crippen molar-refractivity contribution in [1.82, 2.24) is 9.80 Å². The van der Waals surface area contributed by atoms with Crippen molar-refractivity contribution in [2.75, 3.05) is 27.2 Å². The van der Waals surface area contributed by atoms with Crippen molar-refractivity contribution in [3.8, 4) is 11.5 Å². The van der Waals surface area contributed by atoms with Gasteiger partial charge in [0, 0.05) is 25.2 Å². The number of carbonyl (C=O) groups excluding carboxylic acids is 1. The second-order valence-electron chi connectivity index (χ2n) is 12.0. The van der Waals surface area contributed by atoms with Gasteiger partial charge in [-0.2, -0.15) is 0 Å². The highest BCUT2D eigenvalue weighted by Crippen LogP contribution is 2.66. The molecule has 0 aromatic heterocycles. The normalized spacial score (nSPS) is 32.9. The maximum absolute atomic E-state index is 13.6. The van der Waals surface area contributed by atoms with Crippen molar-refractivity contribution in [2.45, 2.75) is 74.1 Å². The number of amides is 1. The molecule has 2 saturated carbocycles. The summed E-state index contributed by atoms with van der Waals surface area (Å²) in [5.74, 6) is 2.23. The van der Waals surface area contributed by atoms with Crippen LogP contribution in [-0.2, 0) is 23.1 Å². The first-order valence-corrected chi connectivity index (χ1v) is 14.6. The van der Waals surface area contributed by atoms with Gasteiger partial charge in [0.15, 0.2) is 11.5 Å². The fraction of sp³-hybridized carbons (Fsp3) is 0.567. The molecule has 2 heterocycles. The van der Waals surface area contributed by atoms with E-state index in [4.69, 9.17) is 32.7 Å². The number of rotatable bonds is 6. The summed E-state index contributed by atoms with van der Waals surface area (Å²) in [5.41, 5.74) is 1.74. The third kappa shape index (κ3) is 3.43. The van der Waals surface area contributed by atoms with E-state index >= 15 is 0 Å². The summed E-state index contributed by atoms with van der Waals surface area (Å²) in [7, 11) is 3.54. The zero-order valence-corrected chi connectivity index (χ0v) is 23.4. The minimum atomic E-state index is -0.903. The summed E-state index contributed by atoms with van der Waals surface area (Å²) in [4.78, 5) is 18.0. The number of methoxy groups -OCH3 is 1. The van der Waals surface area contributed by atoms with Crippen LogP contribution in [0.4, 0.5) is 0 Å². The predicted molar refractivity (Wildman–Crippen MR) is 146 cm³/mol. The van der Waals surface area contributed by atoms with Gasteiger partial charge in [-0.1, -0.05) is 35.3 Å². The molecule has 0 radical (unpaired) electrons. The van der Waals surface area contributed by atoms with Gasteiger partial charge in [-0.3, -0.25) is 9.69 Å². The van der Waals surface area contributed by atoms with E-state index in [-0.39, 0.29) is 30.5 Å². The van der Waals surface area contributed by atoms with E-state index in [2.05, 4.69) is 11.0 Å². The van der Waals surface area contributed by atoms with Crippen LogP contribution in [0, 0.1) is 5.92 Å². The highest BCUT2D eigenvalue weighted by Gasteiger charge is 2.73. The van der Waals surface area contributed by atoms with Crippen molar-refractivity contribution >= 4 is 29.1 Å². The van der Waals surface area contributed by atoms with Gasteiger partial charge in [-0.15, -0.1) is 0 Å². The van der Waals surface area contributed by atoms with E-state index in [0.717, 1.165) is 48.7 Å². The lowest BCUT2D eigenvalue weighted by atomic mass is 9.48.